The van der Waals surface area contributed by atoms with Crippen molar-refractivity contribution in [1.82, 2.24) is 10.6 Å². The fraction of sp³-hybridized carbons (Fsp3) is 0.588. The van der Waals surface area contributed by atoms with E-state index < -0.39 is 0 Å². The van der Waals surface area contributed by atoms with E-state index in [1.165, 1.54) is 24.0 Å². The first-order chi connectivity index (χ1) is 10.2. The van der Waals surface area contributed by atoms with Crippen LogP contribution in [0.2, 0.25) is 0 Å². The molecule has 4 nitrogen and oxygen atoms in total. The van der Waals surface area contributed by atoms with Crippen LogP contribution < -0.4 is 10.6 Å². The van der Waals surface area contributed by atoms with Gasteiger partial charge in [0.05, 0.1) is 19.3 Å². The number of amides is 1. The van der Waals surface area contributed by atoms with E-state index in [0.717, 1.165) is 13.2 Å². The molecule has 0 radical (unpaired) electrons. The minimum Gasteiger partial charge on any atom is -0.378 e. The first-order valence-electron chi connectivity index (χ1n) is 7.90. The molecule has 1 aliphatic heterocycles. The highest BCUT2D eigenvalue weighted by Crippen LogP contribution is 2.41. The minimum atomic E-state index is 0.123. The second-order valence-electron chi connectivity index (χ2n) is 6.17. The third-order valence-electron chi connectivity index (χ3n) is 4.36. The third-order valence-corrected chi connectivity index (χ3v) is 4.36. The van der Waals surface area contributed by atoms with E-state index in [9.17, 15) is 4.79 Å². The minimum absolute atomic E-state index is 0.123. The number of rotatable bonds is 5. The maximum atomic E-state index is 12.3. The fourth-order valence-corrected chi connectivity index (χ4v) is 3.02. The summed E-state index contributed by atoms with van der Waals surface area (Å²) in [4.78, 5) is 12.3. The Kier molecular flexibility index (Phi) is 4.56. The van der Waals surface area contributed by atoms with Crippen molar-refractivity contribution in [2.45, 2.75) is 38.3 Å². The molecule has 114 valence electrons. The molecular formula is C17H24N2O2. The number of benzene rings is 1. The predicted octanol–water partition coefficient (Wildman–Crippen LogP) is 1.94. The molecule has 0 bridgehead atoms. The molecule has 0 spiro atoms. The van der Waals surface area contributed by atoms with Gasteiger partial charge in [-0.1, -0.05) is 24.3 Å². The Morgan fingerprint density at radius 3 is 2.90 bits per heavy atom. The maximum absolute atomic E-state index is 12.3. The zero-order valence-corrected chi connectivity index (χ0v) is 12.6. The standard InChI is InChI=1S/C17H24N2O2/c1-12-4-2-3-5-15(12)17(13-6-7-13)19-16(20)10-14-11-21-9-8-18-14/h2-5,13-14,17-18H,6-11H2,1H3,(H,19,20). The van der Waals surface area contributed by atoms with E-state index >= 15 is 0 Å². The molecule has 2 atom stereocenters. The monoisotopic (exact) mass is 288 g/mol. The van der Waals surface area contributed by atoms with Crippen LogP contribution in [-0.4, -0.2) is 31.7 Å². The summed E-state index contributed by atoms with van der Waals surface area (Å²) in [5.74, 6) is 0.726. The molecule has 1 saturated carbocycles. The summed E-state index contributed by atoms with van der Waals surface area (Å²) in [7, 11) is 0. The van der Waals surface area contributed by atoms with Crippen molar-refractivity contribution in [2.75, 3.05) is 19.8 Å². The zero-order valence-electron chi connectivity index (χ0n) is 12.6. The SMILES string of the molecule is Cc1ccccc1C(NC(=O)CC1COCCN1)C1CC1. The van der Waals surface area contributed by atoms with E-state index in [-0.39, 0.29) is 18.0 Å². The molecule has 2 N–H and O–H groups in total. The van der Waals surface area contributed by atoms with E-state index in [0.29, 0.717) is 18.9 Å². The maximum Gasteiger partial charge on any atom is 0.222 e. The Morgan fingerprint density at radius 2 is 2.24 bits per heavy atom. The quantitative estimate of drug-likeness (QED) is 0.870. The summed E-state index contributed by atoms with van der Waals surface area (Å²) >= 11 is 0. The summed E-state index contributed by atoms with van der Waals surface area (Å²) < 4.78 is 5.41. The number of nitrogens with one attached hydrogen (secondary N) is 2. The Labute approximate surface area is 126 Å². The van der Waals surface area contributed by atoms with Gasteiger partial charge in [0, 0.05) is 19.0 Å². The molecule has 1 aromatic rings. The van der Waals surface area contributed by atoms with Crippen LogP contribution in [0.15, 0.2) is 24.3 Å². The van der Waals surface area contributed by atoms with Crippen molar-refractivity contribution in [3.8, 4) is 0 Å². The Morgan fingerprint density at radius 1 is 1.43 bits per heavy atom. The first kappa shape index (κ1) is 14.5. The lowest BCUT2D eigenvalue weighted by atomic mass is 9.97. The summed E-state index contributed by atoms with van der Waals surface area (Å²) in [5.41, 5.74) is 2.52. The van der Waals surface area contributed by atoms with Gasteiger partial charge in [-0.25, -0.2) is 0 Å². The van der Waals surface area contributed by atoms with Crippen LogP contribution in [0.4, 0.5) is 0 Å². The molecule has 21 heavy (non-hydrogen) atoms. The fourth-order valence-electron chi connectivity index (χ4n) is 3.02. The van der Waals surface area contributed by atoms with Crippen LogP contribution in [0.5, 0.6) is 0 Å². The molecule has 1 aliphatic carbocycles. The average molecular weight is 288 g/mol. The van der Waals surface area contributed by atoms with E-state index in [1.807, 2.05) is 6.07 Å². The largest absolute Gasteiger partial charge is 0.378 e. The van der Waals surface area contributed by atoms with Gasteiger partial charge in [0.15, 0.2) is 0 Å². The zero-order chi connectivity index (χ0) is 14.7. The highest BCUT2D eigenvalue weighted by molar-refractivity contribution is 5.77. The van der Waals surface area contributed by atoms with Crippen LogP contribution >= 0.6 is 0 Å². The molecule has 1 amide bonds. The molecular weight excluding hydrogens is 264 g/mol. The number of hydrogen-bond acceptors (Lipinski definition) is 3. The van der Waals surface area contributed by atoms with Crippen molar-refractivity contribution < 1.29 is 9.53 Å². The number of aryl methyl sites for hydroxylation is 1. The van der Waals surface area contributed by atoms with Crippen LogP contribution in [0.3, 0.4) is 0 Å². The van der Waals surface area contributed by atoms with Gasteiger partial charge in [-0.05, 0) is 36.8 Å². The summed E-state index contributed by atoms with van der Waals surface area (Å²) in [6, 6.07) is 8.68. The molecule has 4 heteroatoms. The summed E-state index contributed by atoms with van der Waals surface area (Å²) in [5, 5.41) is 6.58. The lowest BCUT2D eigenvalue weighted by Gasteiger charge is -2.25. The second kappa shape index (κ2) is 6.58. The second-order valence-corrected chi connectivity index (χ2v) is 6.17. The number of ether oxygens (including phenoxy) is 1. The Balaban J connectivity index is 1.62. The van der Waals surface area contributed by atoms with Crippen LogP contribution in [0.25, 0.3) is 0 Å². The number of carbonyl (C=O) groups is 1. The topological polar surface area (TPSA) is 50.4 Å². The van der Waals surface area contributed by atoms with Gasteiger partial charge in [-0.3, -0.25) is 4.79 Å². The van der Waals surface area contributed by atoms with Crippen molar-refractivity contribution in [3.05, 3.63) is 35.4 Å². The molecule has 2 fully saturated rings. The van der Waals surface area contributed by atoms with Crippen molar-refractivity contribution in [3.63, 3.8) is 0 Å². The smallest absolute Gasteiger partial charge is 0.222 e. The number of hydrogen-bond donors (Lipinski definition) is 2. The molecule has 0 aromatic heterocycles. The molecule has 3 rings (SSSR count). The van der Waals surface area contributed by atoms with Gasteiger partial charge >= 0.3 is 0 Å². The molecule has 2 unspecified atom stereocenters. The van der Waals surface area contributed by atoms with E-state index in [2.05, 4.69) is 35.8 Å². The van der Waals surface area contributed by atoms with Crippen molar-refractivity contribution in [1.29, 1.82) is 0 Å². The Bertz CT molecular complexity index is 493. The van der Waals surface area contributed by atoms with E-state index in [4.69, 9.17) is 4.74 Å². The van der Waals surface area contributed by atoms with Crippen molar-refractivity contribution in [2.24, 2.45) is 5.92 Å². The normalized spacial score (nSPS) is 23.6. The first-order valence-corrected chi connectivity index (χ1v) is 7.90. The Hall–Kier alpha value is -1.39. The number of carbonyl (C=O) groups excluding carboxylic acids is 1. The lowest BCUT2D eigenvalue weighted by Crippen LogP contribution is -2.44. The van der Waals surface area contributed by atoms with Gasteiger partial charge in [-0.15, -0.1) is 0 Å². The van der Waals surface area contributed by atoms with E-state index in [1.54, 1.807) is 0 Å². The molecule has 1 aromatic carbocycles. The van der Waals surface area contributed by atoms with Gasteiger partial charge in [0.2, 0.25) is 5.91 Å². The van der Waals surface area contributed by atoms with Gasteiger partial charge in [0.25, 0.3) is 0 Å². The highest BCUT2D eigenvalue weighted by Gasteiger charge is 2.34. The van der Waals surface area contributed by atoms with Crippen LogP contribution in [-0.2, 0) is 9.53 Å². The summed E-state index contributed by atoms with van der Waals surface area (Å²) in [6.45, 7) is 4.33. The van der Waals surface area contributed by atoms with Gasteiger partial charge in [0.1, 0.15) is 0 Å². The summed E-state index contributed by atoms with van der Waals surface area (Å²) in [6.07, 6.45) is 2.92. The molecule has 2 aliphatic rings. The molecule has 1 saturated heterocycles. The third kappa shape index (κ3) is 3.83. The highest BCUT2D eigenvalue weighted by atomic mass is 16.5. The lowest BCUT2D eigenvalue weighted by molar-refractivity contribution is -0.123. The van der Waals surface area contributed by atoms with Gasteiger partial charge < -0.3 is 15.4 Å². The van der Waals surface area contributed by atoms with Crippen LogP contribution in [0.1, 0.15) is 36.4 Å². The van der Waals surface area contributed by atoms with Gasteiger partial charge in [-0.2, -0.15) is 0 Å². The predicted molar refractivity (Wildman–Crippen MR) is 82.0 cm³/mol. The van der Waals surface area contributed by atoms with Crippen LogP contribution in [0, 0.1) is 12.8 Å². The average Bonchev–Trinajstić information content (AvgIpc) is 3.31. The molecule has 1 heterocycles. The number of morpholine rings is 1. The van der Waals surface area contributed by atoms with Crippen molar-refractivity contribution >= 4 is 5.91 Å².